The zero-order chi connectivity index (χ0) is 17.9. The van der Waals surface area contributed by atoms with Crippen molar-refractivity contribution in [1.29, 1.82) is 0 Å². The smallest absolute Gasteiger partial charge is 0.308 e. The predicted octanol–water partition coefficient (Wildman–Crippen LogP) is 2.89. The van der Waals surface area contributed by atoms with E-state index < -0.39 is 10.0 Å². The Bertz CT molecular complexity index is 1000. The molecule has 1 N–H and O–H groups in total. The highest BCUT2D eigenvalue weighted by Crippen LogP contribution is 2.21. The van der Waals surface area contributed by atoms with Crippen molar-refractivity contribution < 1.29 is 12.8 Å². The molecule has 2 heterocycles. The average Bonchev–Trinajstić information content (AvgIpc) is 3.20. The molecule has 0 bridgehead atoms. The lowest BCUT2D eigenvalue weighted by molar-refractivity contribution is 0.530. The van der Waals surface area contributed by atoms with Crippen molar-refractivity contribution in [3.8, 4) is 0 Å². The summed E-state index contributed by atoms with van der Waals surface area (Å²) in [4.78, 5) is 12.0. The second kappa shape index (κ2) is 7.77. The van der Waals surface area contributed by atoms with Crippen LogP contribution in [-0.4, -0.2) is 25.3 Å². The molecule has 3 aromatic rings. The van der Waals surface area contributed by atoms with Gasteiger partial charge >= 0.3 is 4.87 Å². The third kappa shape index (κ3) is 4.17. The van der Waals surface area contributed by atoms with Crippen LogP contribution in [0.25, 0.3) is 10.2 Å². The zero-order valence-electron chi connectivity index (χ0n) is 13.6. The van der Waals surface area contributed by atoms with Gasteiger partial charge in [-0.15, -0.1) is 0 Å². The standard InChI is InChI=1S/C16H18N2O4S3/c1-2-18-14-6-5-13(10-15(14)24-16(18)19)25(20,21)17-7-9-23-11-12-4-3-8-22-12/h3-6,8,10,17H,2,7,9,11H2,1H3. The second-order valence-electron chi connectivity index (χ2n) is 5.27. The molecule has 0 saturated carbocycles. The normalized spacial score (nSPS) is 12.0. The lowest BCUT2D eigenvalue weighted by Gasteiger charge is -2.07. The number of nitrogens with one attached hydrogen (secondary N) is 1. The first-order valence-corrected chi connectivity index (χ1v) is 11.2. The molecule has 0 spiro atoms. The minimum atomic E-state index is -3.59. The van der Waals surface area contributed by atoms with E-state index in [1.165, 1.54) is 0 Å². The van der Waals surface area contributed by atoms with Crippen LogP contribution < -0.4 is 9.60 Å². The topological polar surface area (TPSA) is 81.3 Å². The molecule has 0 aliphatic heterocycles. The molecule has 1 aromatic carbocycles. The van der Waals surface area contributed by atoms with Gasteiger partial charge in [0, 0.05) is 18.8 Å². The first kappa shape index (κ1) is 18.2. The maximum absolute atomic E-state index is 12.4. The summed E-state index contributed by atoms with van der Waals surface area (Å²) in [5.74, 6) is 2.22. The lowest BCUT2D eigenvalue weighted by atomic mass is 10.3. The van der Waals surface area contributed by atoms with Crippen LogP contribution in [0.1, 0.15) is 12.7 Å². The van der Waals surface area contributed by atoms with E-state index in [9.17, 15) is 13.2 Å². The fourth-order valence-corrected chi connectivity index (χ4v) is 5.42. The quantitative estimate of drug-likeness (QED) is 0.590. The molecule has 25 heavy (non-hydrogen) atoms. The third-order valence-corrected chi connectivity index (χ3v) is 7.01. The van der Waals surface area contributed by atoms with Gasteiger partial charge in [-0.25, -0.2) is 13.1 Å². The minimum Gasteiger partial charge on any atom is -0.468 e. The summed E-state index contributed by atoms with van der Waals surface area (Å²) in [6, 6.07) is 8.51. The van der Waals surface area contributed by atoms with Gasteiger partial charge in [0.25, 0.3) is 0 Å². The Labute approximate surface area is 153 Å². The molecule has 0 unspecified atom stereocenters. The molecular formula is C16H18N2O4S3. The number of hydrogen-bond donors (Lipinski definition) is 1. The van der Waals surface area contributed by atoms with Gasteiger partial charge in [-0.3, -0.25) is 9.36 Å². The Balaban J connectivity index is 1.63. The van der Waals surface area contributed by atoms with Gasteiger partial charge in [0.2, 0.25) is 10.0 Å². The van der Waals surface area contributed by atoms with Crippen LogP contribution in [0.3, 0.4) is 0 Å². The summed E-state index contributed by atoms with van der Waals surface area (Å²) in [5.41, 5.74) is 0.769. The number of furan rings is 1. The number of thioether (sulfide) groups is 1. The molecule has 0 atom stereocenters. The predicted molar refractivity (Wildman–Crippen MR) is 102 cm³/mol. The van der Waals surface area contributed by atoms with Crippen molar-refractivity contribution in [3.63, 3.8) is 0 Å². The van der Waals surface area contributed by atoms with Crippen molar-refractivity contribution in [2.24, 2.45) is 0 Å². The number of nitrogens with zero attached hydrogens (tertiary/aromatic N) is 1. The Hall–Kier alpha value is -1.55. The molecule has 0 amide bonds. The highest BCUT2D eigenvalue weighted by molar-refractivity contribution is 7.98. The molecule has 0 saturated heterocycles. The van der Waals surface area contributed by atoms with E-state index in [0.717, 1.165) is 22.6 Å². The van der Waals surface area contributed by atoms with Crippen molar-refractivity contribution >= 4 is 43.3 Å². The van der Waals surface area contributed by atoms with Crippen molar-refractivity contribution in [2.75, 3.05) is 12.3 Å². The Morgan fingerprint density at radius 2 is 2.16 bits per heavy atom. The van der Waals surface area contributed by atoms with E-state index in [0.29, 0.717) is 29.3 Å². The number of thiazole rings is 1. The fraction of sp³-hybridized carbons (Fsp3) is 0.312. The van der Waals surface area contributed by atoms with Crippen molar-refractivity contribution in [2.45, 2.75) is 24.1 Å². The van der Waals surface area contributed by atoms with Crippen LogP contribution in [0.5, 0.6) is 0 Å². The number of aryl methyl sites for hydroxylation is 1. The number of aromatic nitrogens is 1. The second-order valence-corrected chi connectivity index (χ2v) is 9.14. The van der Waals surface area contributed by atoms with Crippen molar-refractivity contribution in [1.82, 2.24) is 9.29 Å². The number of benzene rings is 1. The summed E-state index contributed by atoms with van der Waals surface area (Å²) in [6.07, 6.45) is 1.62. The number of sulfonamides is 1. The third-order valence-electron chi connectivity index (χ3n) is 3.63. The van der Waals surface area contributed by atoms with E-state index in [1.54, 1.807) is 40.8 Å². The summed E-state index contributed by atoms with van der Waals surface area (Å²) in [7, 11) is -3.59. The van der Waals surface area contributed by atoms with Gasteiger partial charge in [-0.1, -0.05) is 11.3 Å². The molecule has 134 valence electrons. The van der Waals surface area contributed by atoms with Crippen molar-refractivity contribution in [3.05, 3.63) is 52.0 Å². The van der Waals surface area contributed by atoms with Gasteiger partial charge in [-0.2, -0.15) is 11.8 Å². The maximum atomic E-state index is 12.4. The van der Waals surface area contributed by atoms with Crippen LogP contribution >= 0.6 is 23.1 Å². The van der Waals surface area contributed by atoms with Crippen LogP contribution in [0, 0.1) is 0 Å². The molecule has 9 heteroatoms. The number of rotatable bonds is 8. The molecule has 0 fully saturated rings. The summed E-state index contributed by atoms with van der Waals surface area (Å²) >= 11 is 2.66. The molecule has 3 rings (SSSR count). The van der Waals surface area contributed by atoms with Crippen LogP contribution in [0.2, 0.25) is 0 Å². The fourth-order valence-electron chi connectivity index (χ4n) is 2.41. The summed E-state index contributed by atoms with van der Waals surface area (Å²) in [5, 5.41) is 0. The van der Waals surface area contributed by atoms with Crippen LogP contribution in [-0.2, 0) is 22.3 Å². The van der Waals surface area contributed by atoms with E-state index in [1.807, 2.05) is 19.1 Å². The number of fused-ring (bicyclic) bond motifs is 1. The summed E-state index contributed by atoms with van der Waals surface area (Å²) in [6.45, 7) is 2.79. The first-order valence-electron chi connectivity index (χ1n) is 7.74. The molecule has 6 nitrogen and oxygen atoms in total. The van der Waals surface area contributed by atoms with Gasteiger partial charge < -0.3 is 4.42 Å². The zero-order valence-corrected chi connectivity index (χ0v) is 16.0. The Morgan fingerprint density at radius 3 is 2.88 bits per heavy atom. The van der Waals surface area contributed by atoms with Crippen LogP contribution in [0.4, 0.5) is 0 Å². The monoisotopic (exact) mass is 398 g/mol. The highest BCUT2D eigenvalue weighted by Gasteiger charge is 2.16. The van der Waals surface area contributed by atoms with E-state index in [4.69, 9.17) is 4.42 Å². The van der Waals surface area contributed by atoms with Gasteiger partial charge in [-0.05, 0) is 37.3 Å². The highest BCUT2D eigenvalue weighted by atomic mass is 32.2. The van der Waals surface area contributed by atoms with E-state index in [-0.39, 0.29) is 9.77 Å². The summed E-state index contributed by atoms with van der Waals surface area (Å²) < 4.78 is 35.0. The molecule has 2 aromatic heterocycles. The molecule has 0 aliphatic rings. The van der Waals surface area contributed by atoms with Gasteiger partial charge in [0.15, 0.2) is 0 Å². The maximum Gasteiger partial charge on any atom is 0.308 e. The molecule has 0 radical (unpaired) electrons. The average molecular weight is 399 g/mol. The van der Waals surface area contributed by atoms with Crippen LogP contribution in [0.15, 0.2) is 50.7 Å². The molecular weight excluding hydrogens is 380 g/mol. The largest absolute Gasteiger partial charge is 0.468 e. The van der Waals surface area contributed by atoms with E-state index in [2.05, 4.69) is 4.72 Å². The minimum absolute atomic E-state index is 0.0747. The Kier molecular flexibility index (Phi) is 5.67. The van der Waals surface area contributed by atoms with E-state index >= 15 is 0 Å². The van der Waals surface area contributed by atoms with Gasteiger partial charge in [0.05, 0.1) is 27.1 Å². The molecule has 0 aliphatic carbocycles. The van der Waals surface area contributed by atoms with Gasteiger partial charge in [0.1, 0.15) is 5.76 Å². The Morgan fingerprint density at radius 1 is 1.32 bits per heavy atom. The lowest BCUT2D eigenvalue weighted by Crippen LogP contribution is -2.26. The SMILES string of the molecule is CCn1c(=O)sc2cc(S(=O)(=O)NCCSCc3ccco3)ccc21. The number of hydrogen-bond acceptors (Lipinski definition) is 6. The first-order chi connectivity index (χ1) is 12.0.